The van der Waals surface area contributed by atoms with Gasteiger partial charge in [-0.25, -0.2) is 9.78 Å². The molecule has 1 aromatic heterocycles. The second-order valence-corrected chi connectivity index (χ2v) is 4.18. The van der Waals surface area contributed by atoms with E-state index < -0.39 is 5.97 Å². The van der Waals surface area contributed by atoms with Crippen LogP contribution in [-0.2, 0) is 9.53 Å². The smallest absolute Gasteiger partial charge is 0.359 e. The summed E-state index contributed by atoms with van der Waals surface area (Å²) in [6, 6.07) is 0. The summed E-state index contributed by atoms with van der Waals surface area (Å²) in [5.74, 6) is -0.944. The molecule has 0 aliphatic rings. The fourth-order valence-corrected chi connectivity index (χ4v) is 1.36. The van der Waals surface area contributed by atoms with Gasteiger partial charge in [-0.15, -0.1) is 0 Å². The summed E-state index contributed by atoms with van der Waals surface area (Å²) in [6.45, 7) is 4.17. The van der Waals surface area contributed by atoms with Gasteiger partial charge in [0, 0.05) is 12.7 Å². The zero-order valence-corrected chi connectivity index (χ0v) is 11.3. The van der Waals surface area contributed by atoms with Crippen molar-refractivity contribution in [2.45, 2.75) is 33.1 Å². The van der Waals surface area contributed by atoms with Gasteiger partial charge in [0.2, 0.25) is 0 Å². The van der Waals surface area contributed by atoms with Crippen molar-refractivity contribution in [3.63, 3.8) is 0 Å². The molecule has 6 heteroatoms. The number of hydrogen-bond acceptors (Lipinski definition) is 5. The van der Waals surface area contributed by atoms with Crippen molar-refractivity contribution in [3.8, 4) is 0 Å². The number of hydrogen-bond donors (Lipinski definition) is 1. The van der Waals surface area contributed by atoms with Crippen LogP contribution in [0.15, 0.2) is 12.4 Å². The maximum absolute atomic E-state index is 11.5. The highest BCUT2D eigenvalue weighted by molar-refractivity contribution is 5.89. The number of rotatable bonds is 7. The number of nitrogens with one attached hydrogen (secondary N) is 1. The number of aromatic nitrogens is 2. The molecule has 0 unspecified atom stereocenters. The van der Waals surface area contributed by atoms with Crippen LogP contribution >= 0.6 is 0 Å². The van der Waals surface area contributed by atoms with E-state index in [4.69, 9.17) is 4.74 Å². The van der Waals surface area contributed by atoms with Crippen LogP contribution in [0.4, 0.5) is 0 Å². The van der Waals surface area contributed by atoms with E-state index in [2.05, 4.69) is 22.2 Å². The van der Waals surface area contributed by atoms with E-state index in [1.807, 2.05) is 0 Å². The van der Waals surface area contributed by atoms with Gasteiger partial charge in [0.25, 0.3) is 5.91 Å². The van der Waals surface area contributed by atoms with Crippen molar-refractivity contribution in [2.75, 3.05) is 13.2 Å². The summed E-state index contributed by atoms with van der Waals surface area (Å²) in [4.78, 5) is 30.7. The second kappa shape index (κ2) is 8.18. The van der Waals surface area contributed by atoms with E-state index in [0.29, 0.717) is 12.2 Å². The Hall–Kier alpha value is -1.98. The molecule has 0 aromatic carbocycles. The average Bonchev–Trinajstić information content (AvgIpc) is 2.42. The van der Waals surface area contributed by atoms with Gasteiger partial charge in [-0.05, 0) is 13.3 Å². The molecule has 0 aliphatic heterocycles. The van der Waals surface area contributed by atoms with Crippen LogP contribution in [-0.4, -0.2) is 35.0 Å². The lowest BCUT2D eigenvalue weighted by molar-refractivity contribution is -0.124. The molecule has 1 amide bonds. The van der Waals surface area contributed by atoms with Crippen LogP contribution in [0.5, 0.6) is 0 Å². The van der Waals surface area contributed by atoms with Crippen LogP contribution in [0, 0.1) is 6.92 Å². The SMILES string of the molecule is CCCCCNC(=O)COC(=O)c1cnc(C)cn1. The molecule has 104 valence electrons. The number of amides is 1. The Kier molecular flexibility index (Phi) is 6.49. The van der Waals surface area contributed by atoms with E-state index in [9.17, 15) is 9.59 Å². The Morgan fingerprint density at radius 1 is 1.26 bits per heavy atom. The standard InChI is InChI=1S/C13H19N3O3/c1-3-4-5-6-14-12(17)9-19-13(18)11-8-15-10(2)7-16-11/h7-8H,3-6,9H2,1-2H3,(H,14,17). The first kappa shape index (κ1) is 15.1. The van der Waals surface area contributed by atoms with Crippen molar-refractivity contribution < 1.29 is 14.3 Å². The molecule has 0 aliphatic carbocycles. The monoisotopic (exact) mass is 265 g/mol. The topological polar surface area (TPSA) is 81.2 Å². The van der Waals surface area contributed by atoms with Crippen molar-refractivity contribution in [1.29, 1.82) is 0 Å². The summed E-state index contributed by atoms with van der Waals surface area (Å²) in [5.41, 5.74) is 0.814. The number of esters is 1. The Labute approximate surface area is 112 Å². The summed E-state index contributed by atoms with van der Waals surface area (Å²) >= 11 is 0. The zero-order chi connectivity index (χ0) is 14.1. The molecule has 0 atom stereocenters. The minimum absolute atomic E-state index is 0.101. The molecule has 1 rings (SSSR count). The molecule has 0 radical (unpaired) electrons. The van der Waals surface area contributed by atoms with Crippen molar-refractivity contribution >= 4 is 11.9 Å². The maximum atomic E-state index is 11.5. The number of ether oxygens (including phenoxy) is 1. The number of aryl methyl sites for hydroxylation is 1. The molecule has 19 heavy (non-hydrogen) atoms. The van der Waals surface area contributed by atoms with Crippen LogP contribution in [0.3, 0.4) is 0 Å². The molecule has 0 fully saturated rings. The quantitative estimate of drug-likeness (QED) is 0.592. The Morgan fingerprint density at radius 3 is 2.68 bits per heavy atom. The van der Waals surface area contributed by atoms with Crippen molar-refractivity contribution in [1.82, 2.24) is 15.3 Å². The van der Waals surface area contributed by atoms with Gasteiger partial charge in [-0.2, -0.15) is 0 Å². The third kappa shape index (κ3) is 5.94. The minimum atomic E-state index is -0.642. The second-order valence-electron chi connectivity index (χ2n) is 4.18. The van der Waals surface area contributed by atoms with E-state index in [1.165, 1.54) is 12.4 Å². The fraction of sp³-hybridized carbons (Fsp3) is 0.538. The third-order valence-corrected chi connectivity index (χ3v) is 2.43. The van der Waals surface area contributed by atoms with Crippen LogP contribution in [0.1, 0.15) is 42.4 Å². The van der Waals surface area contributed by atoms with E-state index in [1.54, 1.807) is 6.92 Å². The van der Waals surface area contributed by atoms with Crippen LogP contribution in [0.25, 0.3) is 0 Å². The Morgan fingerprint density at radius 2 is 2.05 bits per heavy atom. The summed E-state index contributed by atoms with van der Waals surface area (Å²) in [7, 11) is 0. The van der Waals surface area contributed by atoms with Gasteiger partial charge in [0.05, 0.1) is 11.9 Å². The third-order valence-electron chi connectivity index (χ3n) is 2.43. The number of nitrogens with zero attached hydrogens (tertiary/aromatic N) is 2. The predicted octanol–water partition coefficient (Wildman–Crippen LogP) is 1.25. The predicted molar refractivity (Wildman–Crippen MR) is 69.6 cm³/mol. The van der Waals surface area contributed by atoms with E-state index in [0.717, 1.165) is 19.3 Å². The lowest BCUT2D eigenvalue weighted by Gasteiger charge is -2.05. The highest BCUT2D eigenvalue weighted by atomic mass is 16.5. The fourth-order valence-electron chi connectivity index (χ4n) is 1.36. The van der Waals surface area contributed by atoms with Gasteiger partial charge in [0.15, 0.2) is 12.3 Å². The first-order chi connectivity index (χ1) is 9.13. The first-order valence-corrected chi connectivity index (χ1v) is 6.36. The molecular formula is C13H19N3O3. The molecule has 1 heterocycles. The van der Waals surface area contributed by atoms with Gasteiger partial charge >= 0.3 is 5.97 Å². The van der Waals surface area contributed by atoms with Gasteiger partial charge in [0.1, 0.15) is 0 Å². The average molecular weight is 265 g/mol. The van der Waals surface area contributed by atoms with E-state index >= 15 is 0 Å². The first-order valence-electron chi connectivity index (χ1n) is 6.36. The van der Waals surface area contributed by atoms with Crippen LogP contribution < -0.4 is 5.32 Å². The Balaban J connectivity index is 2.26. The molecule has 0 bridgehead atoms. The molecule has 0 saturated carbocycles. The lowest BCUT2D eigenvalue weighted by atomic mass is 10.2. The summed E-state index contributed by atoms with van der Waals surface area (Å²) in [6.07, 6.45) is 5.90. The number of carbonyl (C=O) groups is 2. The maximum Gasteiger partial charge on any atom is 0.359 e. The molecular weight excluding hydrogens is 246 g/mol. The molecule has 6 nitrogen and oxygen atoms in total. The van der Waals surface area contributed by atoms with Gasteiger partial charge in [-0.3, -0.25) is 9.78 Å². The normalized spacial score (nSPS) is 10.0. The van der Waals surface area contributed by atoms with Crippen LogP contribution in [0.2, 0.25) is 0 Å². The number of carbonyl (C=O) groups excluding carboxylic acids is 2. The number of unbranched alkanes of at least 4 members (excludes halogenated alkanes) is 2. The van der Waals surface area contributed by atoms with Crippen molar-refractivity contribution in [2.24, 2.45) is 0 Å². The molecule has 0 saturated heterocycles. The molecule has 1 aromatic rings. The lowest BCUT2D eigenvalue weighted by Crippen LogP contribution is -2.29. The highest BCUT2D eigenvalue weighted by Gasteiger charge is 2.11. The minimum Gasteiger partial charge on any atom is -0.451 e. The zero-order valence-electron chi connectivity index (χ0n) is 11.3. The largest absolute Gasteiger partial charge is 0.451 e. The van der Waals surface area contributed by atoms with Crippen molar-refractivity contribution in [3.05, 3.63) is 23.8 Å². The molecule has 1 N–H and O–H groups in total. The molecule has 0 spiro atoms. The highest BCUT2D eigenvalue weighted by Crippen LogP contribution is 1.97. The Bertz CT molecular complexity index is 418. The summed E-state index contributed by atoms with van der Waals surface area (Å²) in [5, 5.41) is 2.68. The van der Waals surface area contributed by atoms with E-state index in [-0.39, 0.29) is 18.2 Å². The van der Waals surface area contributed by atoms with Gasteiger partial charge in [-0.1, -0.05) is 19.8 Å². The summed E-state index contributed by atoms with van der Waals surface area (Å²) < 4.78 is 4.83. The van der Waals surface area contributed by atoms with Gasteiger partial charge < -0.3 is 10.1 Å².